The molecule has 0 spiro atoms. The van der Waals surface area contributed by atoms with E-state index in [0.717, 1.165) is 46.8 Å². The van der Waals surface area contributed by atoms with Gasteiger partial charge in [-0.25, -0.2) is 4.98 Å². The highest BCUT2D eigenvalue weighted by Gasteiger charge is 2.14. The maximum absolute atomic E-state index is 5.87. The summed E-state index contributed by atoms with van der Waals surface area (Å²) in [6.45, 7) is 1.91. The van der Waals surface area contributed by atoms with Gasteiger partial charge in [-0.05, 0) is 55.2 Å². The predicted octanol–water partition coefficient (Wildman–Crippen LogP) is 4.90. The Balaban J connectivity index is 1.29. The molecule has 2 aromatic heterocycles. The van der Waals surface area contributed by atoms with Gasteiger partial charge in [-0.2, -0.15) is 0 Å². The highest BCUT2D eigenvalue weighted by atomic mass is 79.9. The van der Waals surface area contributed by atoms with E-state index in [1.54, 1.807) is 19.5 Å². The number of ether oxygens (including phenoxy) is 5. The van der Waals surface area contributed by atoms with Gasteiger partial charge in [-0.1, -0.05) is 15.9 Å². The van der Waals surface area contributed by atoms with Crippen LogP contribution in [0.2, 0.25) is 0 Å². The average Bonchev–Trinajstić information content (AvgIpc) is 2.81. The summed E-state index contributed by atoms with van der Waals surface area (Å²) in [4.78, 5) is 8.73. The van der Waals surface area contributed by atoms with Gasteiger partial charge in [0.1, 0.15) is 19.0 Å². The fourth-order valence-electron chi connectivity index (χ4n) is 3.32. The minimum Gasteiger partial charge on any atom is -0.488 e. The predicted molar refractivity (Wildman–Crippen MR) is 120 cm³/mol. The minimum absolute atomic E-state index is 0.127. The molecule has 1 unspecified atom stereocenters. The first-order chi connectivity index (χ1) is 15.2. The van der Waals surface area contributed by atoms with Crippen molar-refractivity contribution in [2.45, 2.75) is 32.2 Å². The Hall–Kier alpha value is -2.42. The number of benzene rings is 1. The Morgan fingerprint density at radius 3 is 2.84 bits per heavy atom. The third kappa shape index (κ3) is 6.06. The summed E-state index contributed by atoms with van der Waals surface area (Å²) in [5.41, 5.74) is 1.78. The van der Waals surface area contributed by atoms with Crippen molar-refractivity contribution in [3.8, 4) is 17.4 Å². The molecule has 1 atom stereocenters. The number of fused-ring (bicyclic) bond motifs is 1. The van der Waals surface area contributed by atoms with E-state index in [2.05, 4.69) is 25.9 Å². The Morgan fingerprint density at radius 1 is 1.10 bits per heavy atom. The molecule has 1 fully saturated rings. The van der Waals surface area contributed by atoms with E-state index in [1.807, 2.05) is 30.3 Å². The Bertz CT molecular complexity index is 1010. The average molecular weight is 489 g/mol. The second kappa shape index (κ2) is 10.7. The van der Waals surface area contributed by atoms with E-state index in [4.69, 9.17) is 23.7 Å². The van der Waals surface area contributed by atoms with E-state index in [1.165, 1.54) is 0 Å². The van der Waals surface area contributed by atoms with Gasteiger partial charge in [0.15, 0.2) is 12.0 Å². The van der Waals surface area contributed by atoms with E-state index in [-0.39, 0.29) is 6.29 Å². The maximum atomic E-state index is 5.87. The molecule has 8 heteroatoms. The van der Waals surface area contributed by atoms with Gasteiger partial charge < -0.3 is 23.7 Å². The number of rotatable bonds is 9. The van der Waals surface area contributed by atoms with Gasteiger partial charge in [0.2, 0.25) is 0 Å². The van der Waals surface area contributed by atoms with Crippen molar-refractivity contribution >= 4 is 26.8 Å². The number of aromatic nitrogens is 2. The van der Waals surface area contributed by atoms with Crippen molar-refractivity contribution in [3.05, 3.63) is 52.8 Å². The molecule has 164 valence electrons. The molecule has 0 aliphatic carbocycles. The van der Waals surface area contributed by atoms with Gasteiger partial charge in [0, 0.05) is 22.7 Å². The van der Waals surface area contributed by atoms with Crippen LogP contribution in [0.4, 0.5) is 0 Å². The maximum Gasteiger partial charge on any atom is 0.257 e. The SMILES string of the molecule is COc1nc2ccc(Br)cc2cc1OCCOc1cncc(COC2CCCCO2)c1. The lowest BCUT2D eigenvalue weighted by Gasteiger charge is -2.22. The summed E-state index contributed by atoms with van der Waals surface area (Å²) in [6, 6.07) is 9.70. The Kier molecular flexibility index (Phi) is 7.56. The summed E-state index contributed by atoms with van der Waals surface area (Å²) in [7, 11) is 1.58. The summed E-state index contributed by atoms with van der Waals surface area (Å²) < 4.78 is 29.4. The largest absolute Gasteiger partial charge is 0.488 e. The molecule has 1 aromatic carbocycles. The van der Waals surface area contributed by atoms with Crippen LogP contribution in [-0.2, 0) is 16.1 Å². The number of hydrogen-bond donors (Lipinski definition) is 0. The van der Waals surface area contributed by atoms with Crippen LogP contribution in [0.25, 0.3) is 10.9 Å². The fourth-order valence-corrected chi connectivity index (χ4v) is 3.70. The molecule has 1 saturated heterocycles. The number of pyridine rings is 2. The normalized spacial score (nSPS) is 16.3. The van der Waals surface area contributed by atoms with Crippen LogP contribution < -0.4 is 14.2 Å². The minimum atomic E-state index is -0.127. The van der Waals surface area contributed by atoms with Gasteiger partial charge in [0.25, 0.3) is 5.88 Å². The molecule has 31 heavy (non-hydrogen) atoms. The molecule has 1 aliphatic heterocycles. The molecular weight excluding hydrogens is 464 g/mol. The van der Waals surface area contributed by atoms with Crippen LogP contribution in [0.1, 0.15) is 24.8 Å². The third-order valence-corrected chi connectivity index (χ3v) is 5.35. The van der Waals surface area contributed by atoms with Crippen LogP contribution in [-0.4, -0.2) is 43.2 Å². The van der Waals surface area contributed by atoms with Crippen molar-refractivity contribution in [2.75, 3.05) is 26.9 Å². The topological polar surface area (TPSA) is 71.9 Å². The van der Waals surface area contributed by atoms with Gasteiger partial charge >= 0.3 is 0 Å². The summed E-state index contributed by atoms with van der Waals surface area (Å²) >= 11 is 3.48. The van der Waals surface area contributed by atoms with Crippen molar-refractivity contribution in [1.29, 1.82) is 0 Å². The zero-order valence-corrected chi connectivity index (χ0v) is 19.0. The van der Waals surface area contributed by atoms with Crippen molar-refractivity contribution in [2.24, 2.45) is 0 Å². The zero-order valence-electron chi connectivity index (χ0n) is 17.4. The van der Waals surface area contributed by atoms with Crippen LogP contribution in [0, 0.1) is 0 Å². The molecule has 0 amide bonds. The molecule has 0 bridgehead atoms. The van der Waals surface area contributed by atoms with Crippen molar-refractivity contribution < 1.29 is 23.7 Å². The smallest absolute Gasteiger partial charge is 0.257 e. The van der Waals surface area contributed by atoms with Crippen molar-refractivity contribution in [1.82, 2.24) is 9.97 Å². The molecule has 0 N–H and O–H groups in total. The van der Waals surface area contributed by atoms with E-state index in [0.29, 0.717) is 37.2 Å². The highest BCUT2D eigenvalue weighted by Crippen LogP contribution is 2.30. The number of halogens is 1. The van der Waals surface area contributed by atoms with E-state index in [9.17, 15) is 0 Å². The summed E-state index contributed by atoms with van der Waals surface area (Å²) in [5.74, 6) is 1.69. The standard InChI is InChI=1S/C23H25BrN2O5/c1-27-23-21(12-17-11-18(24)5-6-20(17)26-23)29-9-8-28-19-10-16(13-25-14-19)15-31-22-4-2-3-7-30-22/h5-6,10-14,22H,2-4,7-9,15H2,1H3. The van der Waals surface area contributed by atoms with E-state index >= 15 is 0 Å². The van der Waals surface area contributed by atoms with E-state index < -0.39 is 0 Å². The first-order valence-corrected chi connectivity index (χ1v) is 11.1. The van der Waals surface area contributed by atoms with Crippen LogP contribution in [0.5, 0.6) is 17.4 Å². The lowest BCUT2D eigenvalue weighted by Crippen LogP contribution is -2.22. The fraction of sp³-hybridized carbons (Fsp3) is 0.391. The Labute approximate surface area is 189 Å². The second-order valence-electron chi connectivity index (χ2n) is 7.17. The van der Waals surface area contributed by atoms with Crippen LogP contribution in [0.3, 0.4) is 0 Å². The van der Waals surface area contributed by atoms with Gasteiger partial charge in [-0.15, -0.1) is 0 Å². The molecule has 0 radical (unpaired) electrons. The van der Waals surface area contributed by atoms with Crippen molar-refractivity contribution in [3.63, 3.8) is 0 Å². The molecule has 7 nitrogen and oxygen atoms in total. The van der Waals surface area contributed by atoms with Crippen LogP contribution in [0.15, 0.2) is 47.2 Å². The molecular formula is C23H25BrN2O5. The molecule has 1 aliphatic rings. The number of methoxy groups -OCH3 is 1. The lowest BCUT2D eigenvalue weighted by molar-refractivity contribution is -0.169. The summed E-state index contributed by atoms with van der Waals surface area (Å²) in [5, 5.41) is 0.963. The third-order valence-electron chi connectivity index (χ3n) is 4.86. The molecule has 4 rings (SSSR count). The molecule has 3 aromatic rings. The first-order valence-electron chi connectivity index (χ1n) is 10.3. The monoisotopic (exact) mass is 488 g/mol. The highest BCUT2D eigenvalue weighted by molar-refractivity contribution is 9.10. The first kappa shape index (κ1) is 21.8. The zero-order chi connectivity index (χ0) is 21.5. The molecule has 3 heterocycles. The lowest BCUT2D eigenvalue weighted by atomic mass is 10.2. The van der Waals surface area contributed by atoms with Gasteiger partial charge in [-0.3, -0.25) is 4.98 Å². The van der Waals surface area contributed by atoms with Gasteiger partial charge in [0.05, 0.1) is 25.4 Å². The molecule has 0 saturated carbocycles. The second-order valence-corrected chi connectivity index (χ2v) is 8.08. The quantitative estimate of drug-likeness (QED) is 0.396. The summed E-state index contributed by atoms with van der Waals surface area (Å²) in [6.07, 6.45) is 6.50. The number of nitrogens with zero attached hydrogens (tertiary/aromatic N) is 2. The van der Waals surface area contributed by atoms with Crippen LogP contribution >= 0.6 is 15.9 Å². The Morgan fingerprint density at radius 2 is 2.00 bits per heavy atom. The number of hydrogen-bond acceptors (Lipinski definition) is 7.